The fourth-order valence-electron chi connectivity index (χ4n) is 0.867. The molecule has 4 heteroatoms. The summed E-state index contributed by atoms with van der Waals surface area (Å²) in [5.74, 6) is 1.32. The third-order valence-corrected chi connectivity index (χ3v) is 1.71. The molecule has 0 aliphatic heterocycles. The molecule has 0 amide bonds. The molecule has 1 rings (SSSR count). The van der Waals surface area contributed by atoms with Gasteiger partial charge >= 0.3 is 0 Å². The molecule has 0 spiro atoms. The quantitative estimate of drug-likeness (QED) is 0.538. The van der Waals surface area contributed by atoms with Gasteiger partial charge in [0.15, 0.2) is 5.75 Å². The van der Waals surface area contributed by atoms with Gasteiger partial charge in [-0.25, -0.2) is 0 Å². The molecule has 3 nitrogen and oxygen atoms in total. The monoisotopic (exact) mass is 200 g/mol. The van der Waals surface area contributed by atoms with Crippen LogP contribution in [0.25, 0.3) is 0 Å². The number of hydrogen-bond acceptors (Lipinski definition) is 2. The van der Waals surface area contributed by atoms with E-state index >= 15 is 0 Å². The molecule has 72 valence electrons. The Morgan fingerprint density at radius 2 is 2.46 bits per heavy atom. The van der Waals surface area contributed by atoms with Crippen molar-refractivity contribution >= 4 is 11.6 Å². The molecule has 0 saturated heterocycles. The minimum Gasteiger partial charge on any atom is -0.486 e. The average Bonchev–Trinajstić information content (AvgIpc) is 2.60. The van der Waals surface area contributed by atoms with Gasteiger partial charge in [-0.05, 0) is 6.92 Å². The maximum atomic E-state index is 5.45. The van der Waals surface area contributed by atoms with E-state index in [4.69, 9.17) is 16.3 Å². The maximum Gasteiger partial charge on any atom is 0.157 e. The molecule has 0 bridgehead atoms. The topological polar surface area (TPSA) is 27.1 Å². The Labute approximate surface area is 83.0 Å². The predicted octanol–water partition coefficient (Wildman–Crippen LogP) is 2.08. The van der Waals surface area contributed by atoms with Crippen molar-refractivity contribution in [1.82, 2.24) is 9.78 Å². The highest BCUT2D eigenvalue weighted by molar-refractivity contribution is 6.18. The zero-order valence-electron chi connectivity index (χ0n) is 7.61. The first-order chi connectivity index (χ1) is 6.36. The van der Waals surface area contributed by atoms with Gasteiger partial charge in [-0.2, -0.15) is 5.10 Å². The van der Waals surface area contributed by atoms with Crippen molar-refractivity contribution in [3.8, 4) is 5.75 Å². The van der Waals surface area contributed by atoms with Crippen molar-refractivity contribution in [3.05, 3.63) is 24.5 Å². The fourth-order valence-corrected chi connectivity index (χ4v) is 0.993. The van der Waals surface area contributed by atoms with E-state index in [9.17, 15) is 0 Å². The minimum atomic E-state index is 0.525. The largest absolute Gasteiger partial charge is 0.486 e. The summed E-state index contributed by atoms with van der Waals surface area (Å²) in [6, 6.07) is 0. The van der Waals surface area contributed by atoms with E-state index in [-0.39, 0.29) is 0 Å². The Bertz CT molecular complexity index is 270. The van der Waals surface area contributed by atoms with E-state index in [2.05, 4.69) is 5.10 Å². The second-order valence-corrected chi connectivity index (χ2v) is 2.78. The molecule has 1 heterocycles. The zero-order valence-corrected chi connectivity index (χ0v) is 8.37. The lowest BCUT2D eigenvalue weighted by Crippen LogP contribution is -1.93. The summed E-state index contributed by atoms with van der Waals surface area (Å²) in [7, 11) is 0. The molecule has 0 aliphatic carbocycles. The van der Waals surface area contributed by atoms with Crippen LogP contribution in [-0.4, -0.2) is 22.3 Å². The number of halogens is 1. The first kappa shape index (κ1) is 10.1. The van der Waals surface area contributed by atoms with E-state index in [0.29, 0.717) is 12.5 Å². The third kappa shape index (κ3) is 3.51. The van der Waals surface area contributed by atoms with Gasteiger partial charge in [0.25, 0.3) is 0 Å². The van der Waals surface area contributed by atoms with Crippen LogP contribution in [0.5, 0.6) is 5.75 Å². The van der Waals surface area contributed by atoms with Crippen LogP contribution in [0, 0.1) is 0 Å². The molecule has 0 aliphatic rings. The van der Waals surface area contributed by atoms with Gasteiger partial charge in [0.1, 0.15) is 6.61 Å². The van der Waals surface area contributed by atoms with Crippen LogP contribution >= 0.6 is 11.6 Å². The number of nitrogens with zero attached hydrogens (tertiary/aromatic N) is 2. The lowest BCUT2D eigenvalue weighted by molar-refractivity contribution is 0.362. The van der Waals surface area contributed by atoms with Crippen molar-refractivity contribution in [3.63, 3.8) is 0 Å². The van der Waals surface area contributed by atoms with E-state index in [0.717, 1.165) is 12.3 Å². The fraction of sp³-hybridized carbons (Fsp3) is 0.444. The zero-order chi connectivity index (χ0) is 9.52. The van der Waals surface area contributed by atoms with Gasteiger partial charge in [-0.15, -0.1) is 11.6 Å². The molecule has 1 aromatic rings. The molecule has 0 unspecified atom stereocenters. The Balaban J connectivity index is 2.32. The molecule has 1 aromatic heterocycles. The lowest BCUT2D eigenvalue weighted by atomic mass is 10.5. The molecule has 0 atom stereocenters. The highest BCUT2D eigenvalue weighted by Crippen LogP contribution is 2.07. The third-order valence-electron chi connectivity index (χ3n) is 1.54. The Hall–Kier alpha value is -0.960. The summed E-state index contributed by atoms with van der Waals surface area (Å²) in [5, 5.41) is 4.08. The first-order valence-electron chi connectivity index (χ1n) is 4.23. The van der Waals surface area contributed by atoms with Gasteiger partial charge in [0, 0.05) is 12.4 Å². The second-order valence-electron chi connectivity index (χ2n) is 2.47. The number of ether oxygens (including phenoxy) is 1. The number of rotatable bonds is 5. The lowest BCUT2D eigenvalue weighted by Gasteiger charge is -1.96. The van der Waals surface area contributed by atoms with Crippen LogP contribution in [-0.2, 0) is 6.54 Å². The summed E-state index contributed by atoms with van der Waals surface area (Å²) in [6.07, 6.45) is 7.31. The van der Waals surface area contributed by atoms with E-state index in [1.165, 1.54) is 0 Å². The normalized spacial score (nSPS) is 10.9. The molecule has 0 saturated carbocycles. The van der Waals surface area contributed by atoms with Crippen LogP contribution in [0.4, 0.5) is 0 Å². The molecular formula is C9H13ClN2O. The van der Waals surface area contributed by atoms with Crippen molar-refractivity contribution in [2.75, 3.05) is 12.5 Å². The number of hydrogen-bond donors (Lipinski definition) is 0. The summed E-state index contributed by atoms with van der Waals surface area (Å²) in [6.45, 7) is 3.44. The molecule has 0 aromatic carbocycles. The van der Waals surface area contributed by atoms with Gasteiger partial charge in [-0.3, -0.25) is 4.68 Å². The average molecular weight is 201 g/mol. The van der Waals surface area contributed by atoms with Crippen LogP contribution in [0.2, 0.25) is 0 Å². The van der Waals surface area contributed by atoms with Crippen LogP contribution in [0.1, 0.15) is 6.92 Å². The van der Waals surface area contributed by atoms with Crippen LogP contribution in [0.3, 0.4) is 0 Å². The minimum absolute atomic E-state index is 0.525. The molecular weight excluding hydrogens is 188 g/mol. The predicted molar refractivity (Wildman–Crippen MR) is 53.3 cm³/mol. The van der Waals surface area contributed by atoms with Crippen molar-refractivity contribution in [2.45, 2.75) is 13.5 Å². The summed E-state index contributed by atoms with van der Waals surface area (Å²) in [5.41, 5.74) is 0. The van der Waals surface area contributed by atoms with Gasteiger partial charge in [0.2, 0.25) is 0 Å². The standard InChI is InChI=1S/C9H13ClN2O/c1-2-12-8-9(7-11-12)13-6-4-3-5-10/h3-4,7-8H,2,5-6H2,1H3/b4-3+. The van der Waals surface area contributed by atoms with Crippen LogP contribution < -0.4 is 4.74 Å². The van der Waals surface area contributed by atoms with Gasteiger partial charge < -0.3 is 4.74 Å². The summed E-state index contributed by atoms with van der Waals surface area (Å²) >= 11 is 5.45. The molecule has 13 heavy (non-hydrogen) atoms. The van der Waals surface area contributed by atoms with E-state index in [1.54, 1.807) is 6.20 Å². The second kappa shape index (κ2) is 5.65. The Morgan fingerprint density at radius 1 is 1.62 bits per heavy atom. The smallest absolute Gasteiger partial charge is 0.157 e. The molecule has 0 fully saturated rings. The van der Waals surface area contributed by atoms with Gasteiger partial charge in [-0.1, -0.05) is 12.2 Å². The number of alkyl halides is 1. The Morgan fingerprint density at radius 3 is 3.08 bits per heavy atom. The van der Waals surface area contributed by atoms with Gasteiger partial charge in [0.05, 0.1) is 12.4 Å². The highest BCUT2D eigenvalue weighted by Gasteiger charge is 1.95. The summed E-state index contributed by atoms with van der Waals surface area (Å²) in [4.78, 5) is 0. The maximum absolute atomic E-state index is 5.45. The van der Waals surface area contributed by atoms with E-state index < -0.39 is 0 Å². The number of aromatic nitrogens is 2. The van der Waals surface area contributed by atoms with Crippen molar-refractivity contribution < 1.29 is 4.74 Å². The number of allylic oxidation sites excluding steroid dienone is 1. The van der Waals surface area contributed by atoms with Crippen molar-refractivity contribution in [2.24, 2.45) is 0 Å². The molecule has 0 N–H and O–H groups in total. The highest BCUT2D eigenvalue weighted by atomic mass is 35.5. The Kier molecular flexibility index (Phi) is 4.40. The van der Waals surface area contributed by atoms with Crippen molar-refractivity contribution in [1.29, 1.82) is 0 Å². The molecule has 0 radical (unpaired) electrons. The number of aryl methyl sites for hydroxylation is 1. The summed E-state index contributed by atoms with van der Waals surface area (Å²) < 4.78 is 7.18. The first-order valence-corrected chi connectivity index (χ1v) is 4.76. The van der Waals surface area contributed by atoms with E-state index in [1.807, 2.05) is 30.0 Å². The van der Waals surface area contributed by atoms with Crippen LogP contribution in [0.15, 0.2) is 24.5 Å². The SMILES string of the molecule is CCn1cc(OC/C=C/CCl)cn1.